The quantitative estimate of drug-likeness (QED) is 0.391. The molecule has 4 saturated carbocycles. The van der Waals surface area contributed by atoms with Gasteiger partial charge in [0.2, 0.25) is 16.0 Å². The molecule has 4 fully saturated rings. The molecule has 6 rings (SSSR count). The fraction of sp³-hybridized carbons (Fsp3) is 0.577. The van der Waals surface area contributed by atoms with Gasteiger partial charge in [-0.15, -0.1) is 13.2 Å². The molecule has 2 aromatic rings. The van der Waals surface area contributed by atoms with E-state index in [9.17, 15) is 26.9 Å². The normalized spacial score (nSPS) is 27.7. The van der Waals surface area contributed by atoms with Gasteiger partial charge < -0.3 is 15.4 Å². The van der Waals surface area contributed by atoms with Crippen LogP contribution in [0.25, 0.3) is 0 Å². The third-order valence-corrected chi connectivity index (χ3v) is 9.04. The summed E-state index contributed by atoms with van der Waals surface area (Å²) in [6, 6.07) is 7.93. The second-order valence-electron chi connectivity index (χ2n) is 11.2. The Balaban J connectivity index is 1.25. The van der Waals surface area contributed by atoms with Crippen molar-refractivity contribution in [2.24, 2.45) is 29.1 Å². The number of rotatable bonds is 10. The summed E-state index contributed by atoms with van der Waals surface area (Å²) in [4.78, 5) is 8.61. The molecule has 13 heteroatoms. The molecule has 1 aromatic carbocycles. The molecule has 4 aliphatic carbocycles. The van der Waals surface area contributed by atoms with Gasteiger partial charge in [-0.3, -0.25) is 0 Å². The van der Waals surface area contributed by atoms with Crippen molar-refractivity contribution in [1.29, 1.82) is 5.26 Å². The molecule has 0 spiro atoms. The largest absolute Gasteiger partial charge is 0.573 e. The van der Waals surface area contributed by atoms with E-state index in [0.29, 0.717) is 42.6 Å². The maximum atomic E-state index is 12.7. The molecule has 1 heterocycles. The summed E-state index contributed by atoms with van der Waals surface area (Å²) in [5.74, 6) is 2.13. The second kappa shape index (κ2) is 10.5. The molecule has 3 N–H and O–H groups in total. The number of hydrogen-bond donors (Lipinski definition) is 3. The van der Waals surface area contributed by atoms with E-state index < -0.39 is 16.4 Å². The van der Waals surface area contributed by atoms with Crippen LogP contribution in [0.15, 0.2) is 30.5 Å². The van der Waals surface area contributed by atoms with Crippen molar-refractivity contribution in [3.8, 4) is 11.8 Å². The van der Waals surface area contributed by atoms with Crippen molar-refractivity contribution in [2.45, 2.75) is 45.0 Å². The number of sulfonamides is 1. The highest BCUT2D eigenvalue weighted by Gasteiger charge is 2.55. The van der Waals surface area contributed by atoms with Gasteiger partial charge in [0.15, 0.2) is 0 Å². The average Bonchev–Trinajstić information content (AvgIpc) is 2.85. The van der Waals surface area contributed by atoms with Gasteiger partial charge in [0, 0.05) is 25.2 Å². The van der Waals surface area contributed by atoms with Crippen LogP contribution in [-0.4, -0.2) is 44.1 Å². The maximum Gasteiger partial charge on any atom is 0.573 e. The molecule has 0 radical (unpaired) electrons. The van der Waals surface area contributed by atoms with Crippen molar-refractivity contribution in [1.82, 2.24) is 14.7 Å². The standard InChI is InChI=1S/C26H31F3N6O3S/c1-39(36,37)34-14-21-18-6-16-7-19(21)10-25(8-16,9-18)15-33-23-20(11-30)13-32-24(35-23)31-12-17-4-2-3-5-22(17)38-26(27,28)29/h2-5,13,16,18-19,21,34H,6-10,12,14-15H2,1H3,(H2,31,32,33,35)/t16?,18-,19+,21?,25?. The van der Waals surface area contributed by atoms with Crippen LogP contribution >= 0.6 is 0 Å². The predicted molar refractivity (Wildman–Crippen MR) is 138 cm³/mol. The summed E-state index contributed by atoms with van der Waals surface area (Å²) in [6.07, 6.45) is 3.11. The molecule has 210 valence electrons. The Morgan fingerprint density at radius 2 is 1.87 bits per heavy atom. The Labute approximate surface area is 225 Å². The lowest BCUT2D eigenvalue weighted by Gasteiger charge is -2.60. The highest BCUT2D eigenvalue weighted by molar-refractivity contribution is 7.88. The first kappa shape index (κ1) is 27.5. The molecule has 39 heavy (non-hydrogen) atoms. The van der Waals surface area contributed by atoms with Gasteiger partial charge in [0.25, 0.3) is 0 Å². The Hall–Kier alpha value is -3.11. The van der Waals surface area contributed by atoms with Crippen LogP contribution in [0.2, 0.25) is 0 Å². The van der Waals surface area contributed by atoms with Gasteiger partial charge >= 0.3 is 6.36 Å². The van der Waals surface area contributed by atoms with Crippen molar-refractivity contribution in [3.63, 3.8) is 0 Å². The predicted octanol–water partition coefficient (Wildman–Crippen LogP) is 4.26. The zero-order valence-corrected chi connectivity index (χ0v) is 22.3. The van der Waals surface area contributed by atoms with Crippen LogP contribution in [0.3, 0.4) is 0 Å². The lowest BCUT2D eigenvalue weighted by molar-refractivity contribution is -0.274. The van der Waals surface area contributed by atoms with Crippen molar-refractivity contribution < 1.29 is 26.3 Å². The van der Waals surface area contributed by atoms with Gasteiger partial charge in [-0.2, -0.15) is 10.2 Å². The average molecular weight is 565 g/mol. The van der Waals surface area contributed by atoms with Crippen LogP contribution in [-0.2, 0) is 16.6 Å². The van der Waals surface area contributed by atoms with Crippen LogP contribution < -0.4 is 20.1 Å². The lowest BCUT2D eigenvalue weighted by atomic mass is 9.46. The number of hydrogen-bond acceptors (Lipinski definition) is 8. The fourth-order valence-electron chi connectivity index (χ4n) is 7.10. The molecule has 4 bridgehead atoms. The lowest BCUT2D eigenvalue weighted by Crippen LogP contribution is -2.55. The summed E-state index contributed by atoms with van der Waals surface area (Å²) in [6.45, 7) is 1.12. The Kier molecular flexibility index (Phi) is 7.37. The van der Waals surface area contributed by atoms with E-state index in [1.807, 2.05) is 0 Å². The third-order valence-electron chi connectivity index (χ3n) is 8.35. The number of nitrogens with one attached hydrogen (secondary N) is 3. The summed E-state index contributed by atoms with van der Waals surface area (Å²) in [5, 5.41) is 15.9. The van der Waals surface area contributed by atoms with Gasteiger partial charge in [-0.1, -0.05) is 18.2 Å². The zero-order chi connectivity index (χ0) is 27.8. The van der Waals surface area contributed by atoms with E-state index in [2.05, 4.69) is 36.1 Å². The summed E-state index contributed by atoms with van der Waals surface area (Å²) in [5.41, 5.74) is 0.615. The SMILES string of the molecule is CS(=O)(=O)NCC1[C@@H]2CC3C[C@H]1CC(CNc1nc(NCc4ccccc4OC(F)(F)F)ncc1C#N)(C3)C2. The fourth-order valence-corrected chi connectivity index (χ4v) is 7.59. The Morgan fingerprint density at radius 1 is 1.15 bits per heavy atom. The maximum absolute atomic E-state index is 12.7. The molecule has 0 saturated heterocycles. The number of nitriles is 1. The summed E-state index contributed by atoms with van der Waals surface area (Å²) in [7, 11) is -3.23. The van der Waals surface area contributed by atoms with E-state index in [1.54, 1.807) is 6.07 Å². The zero-order valence-electron chi connectivity index (χ0n) is 21.5. The topological polar surface area (TPSA) is 129 Å². The number of anilines is 2. The van der Waals surface area contributed by atoms with Crippen LogP contribution in [0.4, 0.5) is 24.9 Å². The smallest absolute Gasteiger partial charge is 0.405 e. The first-order valence-corrected chi connectivity index (χ1v) is 14.8. The first-order chi connectivity index (χ1) is 18.4. The first-order valence-electron chi connectivity index (χ1n) is 13.0. The number of halogens is 3. The number of alkyl halides is 3. The minimum absolute atomic E-state index is 0.00449. The van der Waals surface area contributed by atoms with E-state index in [-0.39, 0.29) is 34.8 Å². The van der Waals surface area contributed by atoms with Crippen molar-refractivity contribution in [2.75, 3.05) is 30.0 Å². The molecular weight excluding hydrogens is 533 g/mol. The number of benzene rings is 1. The van der Waals surface area contributed by atoms with E-state index in [0.717, 1.165) is 32.1 Å². The van der Waals surface area contributed by atoms with Crippen molar-refractivity contribution >= 4 is 21.8 Å². The Bertz CT molecular complexity index is 1350. The van der Waals surface area contributed by atoms with E-state index in [1.165, 1.54) is 30.7 Å². The molecule has 0 amide bonds. The minimum atomic E-state index is -4.81. The monoisotopic (exact) mass is 564 g/mol. The van der Waals surface area contributed by atoms with Crippen LogP contribution in [0, 0.1) is 40.4 Å². The highest BCUT2D eigenvalue weighted by atomic mass is 32.2. The summed E-state index contributed by atoms with van der Waals surface area (Å²) < 4.78 is 68.4. The molecule has 4 aliphatic rings. The van der Waals surface area contributed by atoms with Gasteiger partial charge in [0.1, 0.15) is 23.2 Å². The van der Waals surface area contributed by atoms with Crippen molar-refractivity contribution in [3.05, 3.63) is 41.6 Å². The molecule has 0 aliphatic heterocycles. The number of para-hydroxylation sites is 1. The second-order valence-corrected chi connectivity index (χ2v) is 13.0. The summed E-state index contributed by atoms with van der Waals surface area (Å²) >= 11 is 0. The van der Waals surface area contributed by atoms with E-state index >= 15 is 0 Å². The molecule has 1 aromatic heterocycles. The van der Waals surface area contributed by atoms with Gasteiger partial charge in [-0.25, -0.2) is 18.1 Å². The Morgan fingerprint density at radius 3 is 2.54 bits per heavy atom. The number of aromatic nitrogens is 2. The molecular formula is C26H31F3N6O3S. The van der Waals surface area contributed by atoms with Gasteiger partial charge in [0.05, 0.1) is 12.5 Å². The number of ether oxygens (including phenoxy) is 1. The molecule has 9 nitrogen and oxygen atoms in total. The van der Waals surface area contributed by atoms with E-state index in [4.69, 9.17) is 0 Å². The third kappa shape index (κ3) is 6.55. The molecule has 3 unspecified atom stereocenters. The minimum Gasteiger partial charge on any atom is -0.405 e. The van der Waals surface area contributed by atoms with Crippen LogP contribution in [0.1, 0.15) is 43.2 Å². The van der Waals surface area contributed by atoms with Gasteiger partial charge in [-0.05, 0) is 67.3 Å². The number of nitrogens with zero attached hydrogens (tertiary/aromatic N) is 3. The van der Waals surface area contributed by atoms with Crippen LogP contribution in [0.5, 0.6) is 5.75 Å². The molecule has 5 atom stereocenters. The highest BCUT2D eigenvalue weighted by Crippen LogP contribution is 2.62.